The van der Waals surface area contributed by atoms with Gasteiger partial charge < -0.3 is 9.84 Å². The topological polar surface area (TPSA) is 53.2 Å². The van der Waals surface area contributed by atoms with Crippen LogP contribution < -0.4 is 0 Å². The Hall–Kier alpha value is -0.590. The zero-order valence-corrected chi connectivity index (χ0v) is 5.79. The van der Waals surface area contributed by atoms with Crippen LogP contribution in [0.1, 0.15) is 12.8 Å². The highest BCUT2D eigenvalue weighted by Crippen LogP contribution is 2.16. The summed E-state index contributed by atoms with van der Waals surface area (Å²) in [5.74, 6) is 0.0405. The van der Waals surface area contributed by atoms with Gasteiger partial charge in [-0.15, -0.1) is 0 Å². The molecule has 1 saturated heterocycles. The van der Waals surface area contributed by atoms with Crippen molar-refractivity contribution in [1.82, 2.24) is 0 Å². The van der Waals surface area contributed by atoms with Gasteiger partial charge in [0.25, 0.3) is 0 Å². The molecule has 1 rings (SSSR count). The molecule has 1 aliphatic rings. The van der Waals surface area contributed by atoms with E-state index in [1.807, 2.05) is 6.07 Å². The van der Waals surface area contributed by atoms with Crippen LogP contribution in [0.5, 0.6) is 0 Å². The molecule has 1 fully saturated rings. The number of nitrogens with zero attached hydrogens (tertiary/aromatic N) is 1. The maximum atomic E-state index is 9.27. The van der Waals surface area contributed by atoms with E-state index >= 15 is 0 Å². The van der Waals surface area contributed by atoms with Crippen molar-refractivity contribution in [3.8, 4) is 6.07 Å². The van der Waals surface area contributed by atoms with Crippen LogP contribution in [-0.4, -0.2) is 24.4 Å². The summed E-state index contributed by atoms with van der Waals surface area (Å²) < 4.78 is 5.09. The molecule has 0 aliphatic carbocycles. The smallest absolute Gasteiger partial charge is 0.0626 e. The number of nitriles is 1. The second-order valence-corrected chi connectivity index (χ2v) is 2.55. The molecule has 0 aromatic heterocycles. The molecular weight excluding hydrogens is 130 g/mol. The molecule has 10 heavy (non-hydrogen) atoms. The molecule has 2 atom stereocenters. The maximum absolute atomic E-state index is 9.27. The first kappa shape index (κ1) is 7.52. The molecule has 0 unspecified atom stereocenters. The average molecular weight is 141 g/mol. The Kier molecular flexibility index (Phi) is 2.67. The van der Waals surface area contributed by atoms with Gasteiger partial charge in [0.2, 0.25) is 0 Å². The number of ether oxygens (including phenoxy) is 1. The Morgan fingerprint density at radius 3 is 3.10 bits per heavy atom. The third kappa shape index (κ3) is 1.69. The van der Waals surface area contributed by atoms with Crippen LogP contribution in [-0.2, 0) is 4.74 Å². The van der Waals surface area contributed by atoms with Crippen LogP contribution in [0.15, 0.2) is 0 Å². The van der Waals surface area contributed by atoms with Crippen molar-refractivity contribution >= 4 is 0 Å². The summed E-state index contributed by atoms with van der Waals surface area (Å²) in [5.41, 5.74) is 0. The lowest BCUT2D eigenvalue weighted by Gasteiger charge is -2.25. The Bertz CT molecular complexity index is 141. The third-order valence-electron chi connectivity index (χ3n) is 1.79. The molecule has 0 amide bonds. The van der Waals surface area contributed by atoms with E-state index in [0.29, 0.717) is 26.1 Å². The van der Waals surface area contributed by atoms with Gasteiger partial charge in [-0.1, -0.05) is 0 Å². The number of aliphatic hydroxyl groups is 1. The molecule has 1 heterocycles. The molecular formula is C7H11NO2. The highest BCUT2D eigenvalue weighted by Gasteiger charge is 2.22. The predicted octanol–water partition coefficient (Wildman–Crippen LogP) is 0.297. The van der Waals surface area contributed by atoms with Crippen molar-refractivity contribution in [2.75, 3.05) is 13.2 Å². The van der Waals surface area contributed by atoms with E-state index in [-0.39, 0.29) is 12.0 Å². The van der Waals surface area contributed by atoms with E-state index in [4.69, 9.17) is 10.00 Å². The van der Waals surface area contributed by atoms with Gasteiger partial charge in [0, 0.05) is 18.9 Å². The number of rotatable bonds is 1. The second-order valence-electron chi connectivity index (χ2n) is 2.55. The Balaban J connectivity index is 2.34. The van der Waals surface area contributed by atoms with Gasteiger partial charge in [-0.2, -0.15) is 5.26 Å². The summed E-state index contributed by atoms with van der Waals surface area (Å²) >= 11 is 0. The summed E-state index contributed by atoms with van der Waals surface area (Å²) in [6, 6.07) is 2.03. The molecule has 0 aromatic carbocycles. The zero-order chi connectivity index (χ0) is 7.40. The molecule has 0 radical (unpaired) electrons. The quantitative estimate of drug-likeness (QED) is 0.571. The normalized spacial score (nSPS) is 33.2. The first-order valence-electron chi connectivity index (χ1n) is 3.47. The molecule has 3 nitrogen and oxygen atoms in total. The Labute approximate surface area is 60.2 Å². The monoisotopic (exact) mass is 141 g/mol. The first-order valence-corrected chi connectivity index (χ1v) is 3.47. The van der Waals surface area contributed by atoms with Crippen LogP contribution >= 0.6 is 0 Å². The van der Waals surface area contributed by atoms with Crippen molar-refractivity contribution < 1.29 is 9.84 Å². The first-order chi connectivity index (χ1) is 4.84. The van der Waals surface area contributed by atoms with Crippen molar-refractivity contribution in [3.05, 3.63) is 0 Å². The maximum Gasteiger partial charge on any atom is 0.0626 e. The predicted molar refractivity (Wildman–Crippen MR) is 35.2 cm³/mol. The summed E-state index contributed by atoms with van der Waals surface area (Å²) in [7, 11) is 0. The number of hydrogen-bond donors (Lipinski definition) is 1. The van der Waals surface area contributed by atoms with Crippen LogP contribution in [0.25, 0.3) is 0 Å². The second kappa shape index (κ2) is 3.55. The third-order valence-corrected chi connectivity index (χ3v) is 1.79. The molecule has 3 heteroatoms. The van der Waals surface area contributed by atoms with Crippen LogP contribution in [0.2, 0.25) is 0 Å². The average Bonchev–Trinajstić information content (AvgIpc) is 1.94. The lowest BCUT2D eigenvalue weighted by molar-refractivity contribution is -0.0335. The molecule has 0 spiro atoms. The minimum Gasteiger partial charge on any atom is -0.393 e. The highest BCUT2D eigenvalue weighted by molar-refractivity contribution is 4.82. The molecule has 0 aromatic rings. The van der Waals surface area contributed by atoms with Gasteiger partial charge in [-0.25, -0.2) is 0 Å². The van der Waals surface area contributed by atoms with E-state index in [1.54, 1.807) is 0 Å². The van der Waals surface area contributed by atoms with Crippen LogP contribution in [0, 0.1) is 17.2 Å². The van der Waals surface area contributed by atoms with E-state index in [0.717, 1.165) is 0 Å². The fourth-order valence-electron chi connectivity index (χ4n) is 1.10. The van der Waals surface area contributed by atoms with E-state index in [2.05, 4.69) is 0 Å². The molecule has 56 valence electrons. The van der Waals surface area contributed by atoms with Crippen molar-refractivity contribution in [1.29, 1.82) is 5.26 Å². The van der Waals surface area contributed by atoms with Crippen molar-refractivity contribution in [3.63, 3.8) is 0 Å². The molecule has 1 N–H and O–H groups in total. The standard InChI is InChI=1S/C7H11NO2/c8-3-1-6-5-10-4-2-7(6)9/h6-7,9H,1-2,4-5H2/t6-,7+/m0/s1. The summed E-state index contributed by atoms with van der Waals surface area (Å²) in [4.78, 5) is 0. The summed E-state index contributed by atoms with van der Waals surface area (Å²) in [6.07, 6.45) is 0.751. The van der Waals surface area contributed by atoms with E-state index in [1.165, 1.54) is 0 Å². The largest absolute Gasteiger partial charge is 0.393 e. The lowest BCUT2D eigenvalue weighted by atomic mass is 9.96. The SMILES string of the molecule is N#CC[C@H]1COCC[C@H]1O. The van der Waals surface area contributed by atoms with Gasteiger partial charge in [-0.05, 0) is 6.42 Å². The Morgan fingerprint density at radius 1 is 1.70 bits per heavy atom. The minimum absolute atomic E-state index is 0.0405. The van der Waals surface area contributed by atoms with Crippen molar-refractivity contribution in [2.45, 2.75) is 18.9 Å². The van der Waals surface area contributed by atoms with Gasteiger partial charge >= 0.3 is 0 Å². The Morgan fingerprint density at radius 2 is 2.50 bits per heavy atom. The summed E-state index contributed by atoms with van der Waals surface area (Å²) in [6.45, 7) is 1.16. The lowest BCUT2D eigenvalue weighted by Crippen LogP contribution is -2.31. The van der Waals surface area contributed by atoms with Crippen molar-refractivity contribution in [2.24, 2.45) is 5.92 Å². The number of hydrogen-bond acceptors (Lipinski definition) is 3. The van der Waals surface area contributed by atoms with E-state index < -0.39 is 0 Å². The molecule has 1 aliphatic heterocycles. The molecule has 0 bridgehead atoms. The zero-order valence-electron chi connectivity index (χ0n) is 5.79. The van der Waals surface area contributed by atoms with Gasteiger partial charge in [0.1, 0.15) is 0 Å². The van der Waals surface area contributed by atoms with Gasteiger partial charge in [0.05, 0.1) is 18.8 Å². The van der Waals surface area contributed by atoms with Gasteiger partial charge in [-0.3, -0.25) is 0 Å². The minimum atomic E-state index is -0.326. The fourth-order valence-corrected chi connectivity index (χ4v) is 1.10. The summed E-state index contributed by atoms with van der Waals surface area (Å²) in [5, 5.41) is 17.6. The van der Waals surface area contributed by atoms with Crippen LogP contribution in [0.3, 0.4) is 0 Å². The van der Waals surface area contributed by atoms with Crippen LogP contribution in [0.4, 0.5) is 0 Å². The van der Waals surface area contributed by atoms with E-state index in [9.17, 15) is 5.11 Å². The van der Waals surface area contributed by atoms with Gasteiger partial charge in [0.15, 0.2) is 0 Å². The molecule has 0 saturated carbocycles. The number of aliphatic hydroxyl groups excluding tert-OH is 1. The fraction of sp³-hybridized carbons (Fsp3) is 0.857. The highest BCUT2D eigenvalue weighted by atomic mass is 16.5.